The molecule has 0 saturated carbocycles. The predicted molar refractivity (Wildman–Crippen MR) is 144 cm³/mol. The van der Waals surface area contributed by atoms with E-state index in [9.17, 15) is 9.18 Å². The van der Waals surface area contributed by atoms with Gasteiger partial charge >= 0.3 is 0 Å². The van der Waals surface area contributed by atoms with E-state index in [1.807, 2.05) is 18.2 Å². The summed E-state index contributed by atoms with van der Waals surface area (Å²) < 4.78 is 14.6. The minimum absolute atomic E-state index is 0.310. The molecule has 5 rings (SSSR count). The fraction of sp³-hybridized carbons (Fsp3) is 0.357. The minimum Gasteiger partial charge on any atom is -0.356 e. The van der Waals surface area contributed by atoms with Crippen LogP contribution in [0.15, 0.2) is 53.0 Å². The van der Waals surface area contributed by atoms with Gasteiger partial charge in [0.1, 0.15) is 11.6 Å². The summed E-state index contributed by atoms with van der Waals surface area (Å²) in [5.74, 6) is 0.341. The Morgan fingerprint density at radius 2 is 1.86 bits per heavy atom. The van der Waals surface area contributed by atoms with Gasteiger partial charge in [-0.15, -0.1) is 0 Å². The molecule has 1 aromatic heterocycles. The summed E-state index contributed by atoms with van der Waals surface area (Å²) in [6.45, 7) is 6.69. The van der Waals surface area contributed by atoms with Crippen molar-refractivity contribution in [3.63, 3.8) is 0 Å². The monoisotopic (exact) mass is 536 g/mol. The van der Waals surface area contributed by atoms with Crippen molar-refractivity contribution in [3.05, 3.63) is 70.0 Å². The second kappa shape index (κ2) is 10.5. The SMILES string of the molecule is Cc1cc(N2CCC(N3CCCC3)CC2)nc2ccc(NC(=O)C=Cc3ccc(Br)cc3F)cc12. The first-order valence-corrected chi connectivity index (χ1v) is 13.1. The van der Waals surface area contributed by atoms with E-state index in [1.165, 1.54) is 57.0 Å². The van der Waals surface area contributed by atoms with E-state index in [4.69, 9.17) is 4.98 Å². The molecule has 2 saturated heterocycles. The van der Waals surface area contributed by atoms with Gasteiger partial charge in [0.15, 0.2) is 0 Å². The third kappa shape index (κ3) is 5.57. The van der Waals surface area contributed by atoms with Crippen molar-refractivity contribution in [1.82, 2.24) is 9.88 Å². The molecule has 3 aromatic rings. The largest absolute Gasteiger partial charge is 0.356 e. The van der Waals surface area contributed by atoms with Gasteiger partial charge in [-0.25, -0.2) is 9.37 Å². The maximum Gasteiger partial charge on any atom is 0.248 e. The third-order valence-corrected chi connectivity index (χ3v) is 7.59. The zero-order valence-electron chi connectivity index (χ0n) is 19.9. The smallest absolute Gasteiger partial charge is 0.248 e. The van der Waals surface area contributed by atoms with Crippen LogP contribution < -0.4 is 10.2 Å². The average Bonchev–Trinajstić information content (AvgIpc) is 3.39. The molecular formula is C28H30BrFN4O. The Balaban J connectivity index is 1.25. The number of rotatable bonds is 5. The van der Waals surface area contributed by atoms with Crippen molar-refractivity contribution in [2.24, 2.45) is 0 Å². The molecule has 7 heteroatoms. The molecule has 0 spiro atoms. The van der Waals surface area contributed by atoms with Crippen LogP contribution in [-0.2, 0) is 4.79 Å². The second-order valence-corrected chi connectivity index (χ2v) is 10.4. The standard InChI is InChI=1S/C28H30BrFN4O/c1-19-16-27(34-14-10-23(11-15-34)33-12-2-3-13-33)32-26-8-7-22(18-24(19)26)31-28(35)9-5-20-4-6-21(29)17-25(20)30/h4-9,16-18,23H,2-3,10-15H2,1H3,(H,31,35). The van der Waals surface area contributed by atoms with E-state index in [-0.39, 0.29) is 11.7 Å². The molecule has 182 valence electrons. The summed E-state index contributed by atoms with van der Waals surface area (Å²) in [5, 5.41) is 3.89. The van der Waals surface area contributed by atoms with Crippen molar-refractivity contribution in [3.8, 4) is 0 Å². The number of benzene rings is 2. The van der Waals surface area contributed by atoms with Gasteiger partial charge in [-0.2, -0.15) is 0 Å². The number of pyridine rings is 1. The van der Waals surface area contributed by atoms with Gasteiger partial charge in [0.2, 0.25) is 5.91 Å². The fourth-order valence-electron chi connectivity index (χ4n) is 5.17. The first-order chi connectivity index (χ1) is 17.0. The number of anilines is 2. The molecule has 35 heavy (non-hydrogen) atoms. The van der Waals surface area contributed by atoms with Crippen LogP contribution in [0.3, 0.4) is 0 Å². The zero-order chi connectivity index (χ0) is 24.4. The van der Waals surface area contributed by atoms with Gasteiger partial charge in [-0.1, -0.05) is 22.0 Å². The van der Waals surface area contributed by atoms with E-state index in [0.717, 1.165) is 41.4 Å². The van der Waals surface area contributed by atoms with Crippen molar-refractivity contribution in [2.75, 3.05) is 36.4 Å². The van der Waals surface area contributed by atoms with Gasteiger partial charge < -0.3 is 15.1 Å². The van der Waals surface area contributed by atoms with E-state index in [2.05, 4.69) is 44.0 Å². The molecule has 2 aromatic carbocycles. The number of hydrogen-bond acceptors (Lipinski definition) is 4. The highest BCUT2D eigenvalue weighted by atomic mass is 79.9. The molecule has 0 aliphatic carbocycles. The number of carbonyl (C=O) groups is 1. The molecule has 2 aliphatic heterocycles. The number of aryl methyl sites for hydroxylation is 1. The summed E-state index contributed by atoms with van der Waals surface area (Å²) in [6.07, 6.45) is 7.89. The Labute approximate surface area is 214 Å². The van der Waals surface area contributed by atoms with Crippen LogP contribution in [-0.4, -0.2) is 48.0 Å². The lowest BCUT2D eigenvalue weighted by Gasteiger charge is -2.37. The van der Waals surface area contributed by atoms with E-state index in [1.54, 1.807) is 12.1 Å². The normalized spacial score (nSPS) is 17.5. The quantitative estimate of drug-likeness (QED) is 0.396. The average molecular weight is 537 g/mol. The highest BCUT2D eigenvalue weighted by Gasteiger charge is 2.27. The van der Waals surface area contributed by atoms with Gasteiger partial charge in [-0.05, 0) is 93.7 Å². The molecule has 2 aliphatic rings. The predicted octanol–water partition coefficient (Wildman–Crippen LogP) is 6.16. The lowest BCUT2D eigenvalue weighted by molar-refractivity contribution is -0.111. The van der Waals surface area contributed by atoms with Crippen molar-refractivity contribution in [2.45, 2.75) is 38.6 Å². The van der Waals surface area contributed by atoms with Crippen LogP contribution in [0.5, 0.6) is 0 Å². The maximum absolute atomic E-state index is 14.0. The number of piperidine rings is 1. The minimum atomic E-state index is -0.382. The van der Waals surface area contributed by atoms with Gasteiger partial charge in [0, 0.05) is 46.3 Å². The van der Waals surface area contributed by atoms with Gasteiger partial charge in [0.25, 0.3) is 0 Å². The van der Waals surface area contributed by atoms with Crippen molar-refractivity contribution in [1.29, 1.82) is 0 Å². The first kappa shape index (κ1) is 23.9. The molecule has 3 heterocycles. The van der Waals surface area contributed by atoms with Crippen LogP contribution >= 0.6 is 15.9 Å². The highest BCUT2D eigenvalue weighted by molar-refractivity contribution is 9.10. The van der Waals surface area contributed by atoms with Crippen LogP contribution in [0.4, 0.5) is 15.9 Å². The van der Waals surface area contributed by atoms with E-state index >= 15 is 0 Å². The Kier molecular flexibility index (Phi) is 7.16. The molecule has 1 amide bonds. The molecule has 5 nitrogen and oxygen atoms in total. The molecule has 2 fully saturated rings. The van der Waals surface area contributed by atoms with Crippen LogP contribution in [0.25, 0.3) is 17.0 Å². The number of amides is 1. The number of likely N-dealkylation sites (tertiary alicyclic amines) is 1. The van der Waals surface area contributed by atoms with Gasteiger partial charge in [-0.3, -0.25) is 4.79 Å². The molecule has 0 unspecified atom stereocenters. The number of carbonyl (C=O) groups excluding carboxylic acids is 1. The Hall–Kier alpha value is -2.77. The number of fused-ring (bicyclic) bond motifs is 1. The first-order valence-electron chi connectivity index (χ1n) is 12.3. The van der Waals surface area contributed by atoms with Crippen LogP contribution in [0, 0.1) is 12.7 Å². The highest BCUT2D eigenvalue weighted by Crippen LogP contribution is 2.28. The van der Waals surface area contributed by atoms with Crippen molar-refractivity contribution < 1.29 is 9.18 Å². The lowest BCUT2D eigenvalue weighted by atomic mass is 10.0. The fourth-order valence-corrected chi connectivity index (χ4v) is 5.50. The molecule has 1 N–H and O–H groups in total. The molecule has 0 atom stereocenters. The van der Waals surface area contributed by atoms with Crippen LogP contribution in [0.2, 0.25) is 0 Å². The summed E-state index contributed by atoms with van der Waals surface area (Å²) in [4.78, 5) is 22.4. The summed E-state index contributed by atoms with van der Waals surface area (Å²) in [5.41, 5.74) is 3.11. The number of hydrogen-bond donors (Lipinski definition) is 1. The number of aromatic nitrogens is 1. The summed E-state index contributed by atoms with van der Waals surface area (Å²) in [7, 11) is 0. The Morgan fingerprint density at radius 3 is 2.60 bits per heavy atom. The summed E-state index contributed by atoms with van der Waals surface area (Å²) in [6, 6.07) is 13.4. The number of halogens is 2. The Bertz CT molecular complexity index is 1260. The molecular weight excluding hydrogens is 507 g/mol. The summed E-state index contributed by atoms with van der Waals surface area (Å²) >= 11 is 3.24. The topological polar surface area (TPSA) is 48.5 Å². The Morgan fingerprint density at radius 1 is 1.09 bits per heavy atom. The lowest BCUT2D eigenvalue weighted by Crippen LogP contribution is -2.44. The maximum atomic E-state index is 14.0. The number of nitrogens with zero attached hydrogens (tertiary/aromatic N) is 3. The third-order valence-electron chi connectivity index (χ3n) is 7.09. The molecule has 0 radical (unpaired) electrons. The zero-order valence-corrected chi connectivity index (χ0v) is 21.5. The van der Waals surface area contributed by atoms with Gasteiger partial charge in [0.05, 0.1) is 5.52 Å². The van der Waals surface area contributed by atoms with E-state index in [0.29, 0.717) is 15.7 Å². The molecule has 0 bridgehead atoms. The van der Waals surface area contributed by atoms with Crippen molar-refractivity contribution >= 4 is 50.3 Å². The van der Waals surface area contributed by atoms with Crippen LogP contribution in [0.1, 0.15) is 36.8 Å². The van der Waals surface area contributed by atoms with E-state index < -0.39 is 0 Å². The second-order valence-electron chi connectivity index (χ2n) is 9.48. The number of nitrogens with one attached hydrogen (secondary N) is 1.